The van der Waals surface area contributed by atoms with Crippen molar-refractivity contribution >= 4 is 10.1 Å². The summed E-state index contributed by atoms with van der Waals surface area (Å²) < 4.78 is 40.6. The summed E-state index contributed by atoms with van der Waals surface area (Å²) in [5.74, 6) is 1.36. The zero-order chi connectivity index (χ0) is 25.0. The Morgan fingerprint density at radius 1 is 0.971 bits per heavy atom. The highest BCUT2D eigenvalue weighted by atomic mass is 32.2. The average Bonchev–Trinajstić information content (AvgIpc) is 2.74. The van der Waals surface area contributed by atoms with Crippen molar-refractivity contribution in [3.8, 4) is 45.3 Å². The Bertz CT molecular complexity index is 1320. The lowest BCUT2D eigenvalue weighted by Gasteiger charge is -2.20. The molecule has 7 heteroatoms. The molecule has 0 aliphatic rings. The van der Waals surface area contributed by atoms with Crippen molar-refractivity contribution in [3.63, 3.8) is 0 Å². The van der Waals surface area contributed by atoms with Gasteiger partial charge in [0, 0.05) is 5.56 Å². The van der Waals surface area contributed by atoms with Gasteiger partial charge in [0.1, 0.15) is 18.1 Å². The fourth-order valence-corrected chi connectivity index (χ4v) is 4.29. The normalized spacial score (nSPS) is 11.1. The molecule has 0 radical (unpaired) electrons. The van der Waals surface area contributed by atoms with Gasteiger partial charge in [-0.05, 0) is 91.9 Å². The molecule has 0 aromatic heterocycles. The lowest BCUT2D eigenvalue weighted by atomic mass is 9.90. The molecule has 0 amide bonds. The molecule has 1 N–H and O–H groups in total. The second-order valence-electron chi connectivity index (χ2n) is 8.36. The van der Waals surface area contributed by atoms with Crippen molar-refractivity contribution in [2.45, 2.75) is 27.7 Å². The molecule has 0 atom stereocenters. The van der Waals surface area contributed by atoms with Crippen LogP contribution in [0.2, 0.25) is 0 Å². The van der Waals surface area contributed by atoms with Gasteiger partial charge in [-0.1, -0.05) is 23.8 Å². The predicted octanol–water partition coefficient (Wildman–Crippen LogP) is 6.04. The number of allylic oxidation sites excluding steroid dienone is 1. The molecule has 0 heterocycles. The molecule has 0 spiro atoms. The first-order valence-electron chi connectivity index (χ1n) is 10.8. The lowest BCUT2D eigenvalue weighted by molar-refractivity contribution is 0.347. The topological polar surface area (TPSA) is 82.1 Å². The van der Waals surface area contributed by atoms with Gasteiger partial charge in [-0.2, -0.15) is 8.42 Å². The van der Waals surface area contributed by atoms with Crippen LogP contribution in [0.25, 0.3) is 22.3 Å². The molecule has 0 aliphatic carbocycles. The maximum atomic E-state index is 11.9. The van der Waals surface area contributed by atoms with Gasteiger partial charge in [-0.25, -0.2) is 0 Å². The molecule has 0 fully saturated rings. The van der Waals surface area contributed by atoms with Crippen LogP contribution in [-0.2, 0) is 10.1 Å². The minimum atomic E-state index is -3.76. The maximum Gasteiger partial charge on any atom is 0.306 e. The van der Waals surface area contributed by atoms with E-state index in [0.29, 0.717) is 18.1 Å². The number of benzene rings is 3. The number of hydrogen-bond donors (Lipinski definition) is 1. The highest BCUT2D eigenvalue weighted by Crippen LogP contribution is 2.43. The number of aromatic hydroxyl groups is 1. The molecular formula is C27H30O6S. The van der Waals surface area contributed by atoms with E-state index in [-0.39, 0.29) is 11.5 Å². The van der Waals surface area contributed by atoms with Crippen LogP contribution in [0.1, 0.15) is 25.0 Å². The molecular weight excluding hydrogens is 452 g/mol. The molecule has 0 bridgehead atoms. The van der Waals surface area contributed by atoms with Crippen LogP contribution >= 0.6 is 0 Å². The fourth-order valence-electron chi connectivity index (χ4n) is 3.84. The molecule has 3 aromatic carbocycles. The third kappa shape index (κ3) is 5.91. The van der Waals surface area contributed by atoms with Gasteiger partial charge in [0.2, 0.25) is 0 Å². The smallest absolute Gasteiger partial charge is 0.306 e. The molecule has 0 aliphatic heterocycles. The van der Waals surface area contributed by atoms with E-state index < -0.39 is 10.1 Å². The predicted molar refractivity (Wildman–Crippen MR) is 135 cm³/mol. The van der Waals surface area contributed by atoms with Crippen molar-refractivity contribution in [1.82, 2.24) is 0 Å². The van der Waals surface area contributed by atoms with Gasteiger partial charge in [0.15, 0.2) is 11.5 Å². The van der Waals surface area contributed by atoms with Gasteiger partial charge in [0.05, 0.1) is 13.4 Å². The first-order valence-corrected chi connectivity index (χ1v) is 12.6. The third-order valence-electron chi connectivity index (χ3n) is 5.30. The van der Waals surface area contributed by atoms with Crippen LogP contribution < -0.4 is 13.7 Å². The lowest BCUT2D eigenvalue weighted by Crippen LogP contribution is -2.08. The van der Waals surface area contributed by atoms with Gasteiger partial charge in [-0.15, -0.1) is 0 Å². The highest BCUT2D eigenvalue weighted by Gasteiger charge is 2.19. The van der Waals surface area contributed by atoms with Gasteiger partial charge in [0.25, 0.3) is 0 Å². The standard InChI is InChI=1S/C27H30O6S/c1-17(2)13-14-32-24-12-9-21(16-25(24)33-34(6,29)30)26-18(3)15-23(27(31-5)19(26)4)20-7-10-22(28)11-8-20/h7-13,15-16,28H,14H2,1-6H3. The molecule has 3 aromatic rings. The summed E-state index contributed by atoms with van der Waals surface area (Å²) in [7, 11) is -2.15. The van der Waals surface area contributed by atoms with Crippen molar-refractivity contribution in [2.24, 2.45) is 0 Å². The number of phenols is 1. The summed E-state index contributed by atoms with van der Waals surface area (Å²) in [6, 6.07) is 14.2. The highest BCUT2D eigenvalue weighted by molar-refractivity contribution is 7.86. The first kappa shape index (κ1) is 25.2. The number of rotatable bonds is 8. The summed E-state index contributed by atoms with van der Waals surface area (Å²) in [5, 5.41) is 9.64. The summed E-state index contributed by atoms with van der Waals surface area (Å²) >= 11 is 0. The SMILES string of the molecule is COc1c(-c2ccc(O)cc2)cc(C)c(-c2ccc(OCC=C(C)C)c(OS(C)(=O)=O)c2)c1C. The largest absolute Gasteiger partial charge is 0.508 e. The molecule has 3 rings (SSSR count). The number of aryl methyl sites for hydroxylation is 1. The zero-order valence-electron chi connectivity index (χ0n) is 20.3. The number of methoxy groups -OCH3 is 1. The van der Waals surface area contributed by atoms with Gasteiger partial charge >= 0.3 is 10.1 Å². The summed E-state index contributed by atoms with van der Waals surface area (Å²) in [4.78, 5) is 0. The van der Waals surface area contributed by atoms with Crippen LogP contribution in [0.3, 0.4) is 0 Å². The second kappa shape index (κ2) is 10.2. The van der Waals surface area contributed by atoms with E-state index in [2.05, 4.69) is 0 Å². The fraction of sp³-hybridized carbons (Fsp3) is 0.259. The summed E-state index contributed by atoms with van der Waals surface area (Å²) in [5.41, 5.74) is 6.47. The summed E-state index contributed by atoms with van der Waals surface area (Å²) in [6.07, 6.45) is 2.91. The van der Waals surface area contributed by atoms with Crippen LogP contribution in [0.5, 0.6) is 23.0 Å². The van der Waals surface area contributed by atoms with Crippen molar-refractivity contribution < 1.29 is 27.2 Å². The molecule has 34 heavy (non-hydrogen) atoms. The minimum absolute atomic E-state index is 0.127. The third-order valence-corrected chi connectivity index (χ3v) is 5.78. The monoisotopic (exact) mass is 482 g/mol. The number of ether oxygens (including phenoxy) is 2. The zero-order valence-corrected chi connectivity index (χ0v) is 21.1. The molecule has 0 unspecified atom stereocenters. The van der Waals surface area contributed by atoms with Gasteiger partial charge in [-0.3, -0.25) is 0 Å². The quantitative estimate of drug-likeness (QED) is 0.312. The number of phenolic OH excluding ortho intramolecular Hbond substituents is 1. The van der Waals surface area contributed by atoms with Crippen LogP contribution in [0.15, 0.2) is 60.2 Å². The Morgan fingerprint density at radius 3 is 2.21 bits per heavy atom. The number of hydrogen-bond acceptors (Lipinski definition) is 6. The van der Waals surface area contributed by atoms with E-state index in [9.17, 15) is 13.5 Å². The van der Waals surface area contributed by atoms with E-state index >= 15 is 0 Å². The average molecular weight is 483 g/mol. The van der Waals surface area contributed by atoms with Crippen molar-refractivity contribution in [3.05, 3.63) is 71.3 Å². The first-order chi connectivity index (χ1) is 16.0. The van der Waals surface area contributed by atoms with Crippen molar-refractivity contribution in [1.29, 1.82) is 0 Å². The Hall–Kier alpha value is -3.45. The maximum absolute atomic E-state index is 11.9. The molecule has 6 nitrogen and oxygen atoms in total. The van der Waals surface area contributed by atoms with E-state index in [0.717, 1.165) is 45.2 Å². The van der Waals surface area contributed by atoms with Gasteiger partial charge < -0.3 is 18.8 Å². The second-order valence-corrected chi connectivity index (χ2v) is 9.94. The van der Waals surface area contributed by atoms with Crippen molar-refractivity contribution in [2.75, 3.05) is 20.0 Å². The van der Waals surface area contributed by atoms with E-state index in [1.165, 1.54) is 0 Å². The Morgan fingerprint density at radius 2 is 1.62 bits per heavy atom. The van der Waals surface area contributed by atoms with E-state index in [1.54, 1.807) is 31.4 Å². The minimum Gasteiger partial charge on any atom is -0.508 e. The molecule has 180 valence electrons. The van der Waals surface area contributed by atoms with Crippen LogP contribution in [-0.4, -0.2) is 33.5 Å². The Balaban J connectivity index is 2.13. The van der Waals surface area contributed by atoms with E-state index in [4.69, 9.17) is 13.7 Å². The van der Waals surface area contributed by atoms with Crippen LogP contribution in [0, 0.1) is 13.8 Å². The van der Waals surface area contributed by atoms with E-state index in [1.807, 2.05) is 58.0 Å². The Labute approximate surface area is 201 Å². The summed E-state index contributed by atoms with van der Waals surface area (Å²) in [6.45, 7) is 8.17. The molecule has 0 saturated heterocycles. The van der Waals surface area contributed by atoms with Crippen LogP contribution in [0.4, 0.5) is 0 Å². The Kier molecular flexibility index (Phi) is 7.57. The molecule has 0 saturated carbocycles.